The lowest BCUT2D eigenvalue weighted by molar-refractivity contribution is -0.125. The van der Waals surface area contributed by atoms with E-state index in [1.807, 2.05) is 0 Å². The molecule has 0 aliphatic heterocycles. The number of nitrogens with one attached hydrogen (secondary N) is 2. The van der Waals surface area contributed by atoms with Gasteiger partial charge in [-0.15, -0.1) is 0 Å². The number of hydrogen-bond donors (Lipinski definition) is 2. The van der Waals surface area contributed by atoms with Gasteiger partial charge in [-0.3, -0.25) is 9.59 Å². The molecule has 0 spiro atoms. The van der Waals surface area contributed by atoms with Crippen molar-refractivity contribution in [2.45, 2.75) is 19.9 Å². The second kappa shape index (κ2) is 7.86. The Morgan fingerprint density at radius 1 is 1.12 bits per heavy atom. The molecule has 2 N–H and O–H groups in total. The fraction of sp³-hybridized carbons (Fsp3) is 0.316. The molecule has 0 saturated heterocycles. The Morgan fingerprint density at radius 3 is 2.50 bits per heavy atom. The molecule has 7 heteroatoms. The molecular formula is C19H20N2O5. The van der Waals surface area contributed by atoms with Crippen LogP contribution in [0.15, 0.2) is 47.1 Å². The zero-order valence-corrected chi connectivity index (χ0v) is 14.4. The molecule has 2 amide bonds. The van der Waals surface area contributed by atoms with E-state index in [1.54, 1.807) is 49.6 Å². The summed E-state index contributed by atoms with van der Waals surface area (Å²) in [6, 6.07) is 9.98. The van der Waals surface area contributed by atoms with Gasteiger partial charge in [-0.1, -0.05) is 0 Å². The van der Waals surface area contributed by atoms with Gasteiger partial charge in [0.15, 0.2) is 0 Å². The van der Waals surface area contributed by atoms with Gasteiger partial charge >= 0.3 is 5.97 Å². The number of ether oxygens (including phenoxy) is 1. The van der Waals surface area contributed by atoms with E-state index >= 15 is 0 Å². The number of amides is 2. The van der Waals surface area contributed by atoms with Gasteiger partial charge in [0.2, 0.25) is 11.8 Å². The maximum absolute atomic E-state index is 12.2. The van der Waals surface area contributed by atoms with Gasteiger partial charge in [0.1, 0.15) is 5.76 Å². The number of anilines is 1. The molecule has 1 saturated carbocycles. The summed E-state index contributed by atoms with van der Waals surface area (Å²) in [6.07, 6.45) is 2.07. The minimum Gasteiger partial charge on any atom is -0.467 e. The van der Waals surface area contributed by atoms with Gasteiger partial charge in [0.25, 0.3) is 0 Å². The van der Waals surface area contributed by atoms with Gasteiger partial charge in [0.05, 0.1) is 36.8 Å². The molecule has 1 heterocycles. The van der Waals surface area contributed by atoms with Crippen molar-refractivity contribution in [2.24, 2.45) is 11.8 Å². The first-order valence-corrected chi connectivity index (χ1v) is 8.46. The predicted molar refractivity (Wildman–Crippen MR) is 93.2 cm³/mol. The van der Waals surface area contributed by atoms with Crippen LogP contribution in [0.25, 0.3) is 0 Å². The van der Waals surface area contributed by atoms with Crippen LogP contribution in [0.2, 0.25) is 0 Å². The number of hydrogen-bond acceptors (Lipinski definition) is 5. The minimum atomic E-state index is -0.402. The molecule has 2 unspecified atom stereocenters. The Morgan fingerprint density at radius 2 is 1.85 bits per heavy atom. The highest BCUT2D eigenvalue weighted by atomic mass is 16.5. The van der Waals surface area contributed by atoms with Crippen LogP contribution in [0.4, 0.5) is 5.69 Å². The zero-order valence-electron chi connectivity index (χ0n) is 14.4. The Hall–Kier alpha value is -3.09. The van der Waals surface area contributed by atoms with Gasteiger partial charge in [0, 0.05) is 5.69 Å². The van der Waals surface area contributed by atoms with Gasteiger partial charge in [-0.05, 0) is 49.7 Å². The average Bonchev–Trinajstić information content (AvgIpc) is 3.28. The molecule has 136 valence electrons. The molecule has 3 rings (SSSR count). The summed E-state index contributed by atoms with van der Waals surface area (Å²) in [5.74, 6) is -0.742. The van der Waals surface area contributed by atoms with Crippen molar-refractivity contribution in [3.05, 3.63) is 54.0 Å². The Kier molecular flexibility index (Phi) is 5.36. The summed E-state index contributed by atoms with van der Waals surface area (Å²) >= 11 is 0. The monoisotopic (exact) mass is 356 g/mol. The summed E-state index contributed by atoms with van der Waals surface area (Å²) in [5, 5.41) is 5.53. The first kappa shape index (κ1) is 17.7. The molecule has 0 bridgehead atoms. The predicted octanol–water partition coefficient (Wildman–Crippen LogP) is 2.35. The van der Waals surface area contributed by atoms with E-state index in [4.69, 9.17) is 9.15 Å². The second-order valence-electron chi connectivity index (χ2n) is 6.03. The standard InChI is InChI=1S/C19H20N2O5/c1-2-25-19(24)12-5-7-13(8-6-12)21-18(23)16-10-15(16)17(22)20-11-14-4-3-9-26-14/h3-9,15-16H,2,10-11H2,1H3,(H,20,22)(H,21,23). The summed E-state index contributed by atoms with van der Waals surface area (Å²) in [6.45, 7) is 2.36. The van der Waals surface area contributed by atoms with Crippen molar-refractivity contribution in [3.63, 3.8) is 0 Å². The number of carbonyl (C=O) groups excluding carboxylic acids is 3. The molecule has 2 aromatic rings. The van der Waals surface area contributed by atoms with Crippen molar-refractivity contribution in [1.29, 1.82) is 0 Å². The number of carbonyl (C=O) groups is 3. The van der Waals surface area contributed by atoms with Crippen molar-refractivity contribution < 1.29 is 23.5 Å². The highest BCUT2D eigenvalue weighted by Crippen LogP contribution is 2.39. The largest absolute Gasteiger partial charge is 0.467 e. The SMILES string of the molecule is CCOC(=O)c1ccc(NC(=O)C2CC2C(=O)NCc2ccco2)cc1. The van der Waals surface area contributed by atoms with Crippen LogP contribution in [0.5, 0.6) is 0 Å². The first-order chi connectivity index (χ1) is 12.6. The second-order valence-corrected chi connectivity index (χ2v) is 6.03. The molecule has 2 atom stereocenters. The summed E-state index contributed by atoms with van der Waals surface area (Å²) in [5.41, 5.74) is 0.996. The lowest BCUT2D eigenvalue weighted by Crippen LogP contribution is -2.26. The number of esters is 1. The highest BCUT2D eigenvalue weighted by molar-refractivity contribution is 5.99. The summed E-state index contributed by atoms with van der Waals surface area (Å²) < 4.78 is 10.1. The third-order valence-electron chi connectivity index (χ3n) is 4.14. The van der Waals surface area contributed by atoms with Crippen molar-refractivity contribution in [3.8, 4) is 0 Å². The Balaban J connectivity index is 1.47. The van der Waals surface area contributed by atoms with E-state index in [0.717, 1.165) is 0 Å². The number of rotatable bonds is 7. The van der Waals surface area contributed by atoms with Crippen LogP contribution >= 0.6 is 0 Å². The molecule has 1 aromatic carbocycles. The van der Waals surface area contributed by atoms with Crippen molar-refractivity contribution >= 4 is 23.5 Å². The van der Waals surface area contributed by atoms with Gasteiger partial charge in [-0.25, -0.2) is 4.79 Å². The highest BCUT2D eigenvalue weighted by Gasteiger charge is 2.47. The molecule has 1 aromatic heterocycles. The Labute approximate surface area is 150 Å². The first-order valence-electron chi connectivity index (χ1n) is 8.46. The summed E-state index contributed by atoms with van der Waals surface area (Å²) in [4.78, 5) is 35.9. The molecular weight excluding hydrogens is 336 g/mol. The van der Waals surface area contributed by atoms with E-state index in [-0.39, 0.29) is 23.7 Å². The van der Waals surface area contributed by atoms with Crippen LogP contribution in [0.1, 0.15) is 29.5 Å². The normalized spacial score (nSPS) is 18.0. The number of benzene rings is 1. The lowest BCUT2D eigenvalue weighted by atomic mass is 10.2. The van der Waals surface area contributed by atoms with Crippen LogP contribution in [0, 0.1) is 11.8 Å². The minimum absolute atomic E-state index is 0.154. The lowest BCUT2D eigenvalue weighted by Gasteiger charge is -2.07. The van der Waals surface area contributed by atoms with Gasteiger partial charge in [-0.2, -0.15) is 0 Å². The van der Waals surface area contributed by atoms with Gasteiger partial charge < -0.3 is 19.8 Å². The van der Waals surface area contributed by atoms with Crippen molar-refractivity contribution in [1.82, 2.24) is 5.32 Å². The topological polar surface area (TPSA) is 97.6 Å². The van der Waals surface area contributed by atoms with E-state index in [0.29, 0.717) is 36.6 Å². The fourth-order valence-electron chi connectivity index (χ4n) is 2.63. The molecule has 0 radical (unpaired) electrons. The maximum atomic E-state index is 12.2. The quantitative estimate of drug-likeness (QED) is 0.742. The third-order valence-corrected chi connectivity index (χ3v) is 4.14. The molecule has 7 nitrogen and oxygen atoms in total. The van der Waals surface area contributed by atoms with Crippen LogP contribution in [-0.2, 0) is 20.9 Å². The fourth-order valence-corrected chi connectivity index (χ4v) is 2.63. The maximum Gasteiger partial charge on any atom is 0.338 e. The van der Waals surface area contributed by atoms with Crippen LogP contribution in [0.3, 0.4) is 0 Å². The zero-order chi connectivity index (χ0) is 18.5. The smallest absolute Gasteiger partial charge is 0.338 e. The Bertz CT molecular complexity index is 783. The molecule has 1 fully saturated rings. The van der Waals surface area contributed by atoms with E-state index < -0.39 is 5.97 Å². The van der Waals surface area contributed by atoms with Crippen molar-refractivity contribution in [2.75, 3.05) is 11.9 Å². The number of furan rings is 1. The van der Waals surface area contributed by atoms with Crippen LogP contribution < -0.4 is 10.6 Å². The van der Waals surface area contributed by atoms with E-state index in [9.17, 15) is 14.4 Å². The summed E-state index contributed by atoms with van der Waals surface area (Å²) in [7, 11) is 0. The van der Waals surface area contributed by atoms with E-state index in [1.165, 1.54) is 0 Å². The molecule has 1 aliphatic rings. The average molecular weight is 356 g/mol. The molecule has 1 aliphatic carbocycles. The van der Waals surface area contributed by atoms with E-state index in [2.05, 4.69) is 10.6 Å². The molecule has 26 heavy (non-hydrogen) atoms. The third kappa shape index (κ3) is 4.30. The van der Waals surface area contributed by atoms with Crippen LogP contribution in [-0.4, -0.2) is 24.4 Å².